The van der Waals surface area contributed by atoms with E-state index in [-0.39, 0.29) is 55.2 Å². The molecule has 0 aliphatic carbocycles. The summed E-state index contributed by atoms with van der Waals surface area (Å²) in [5.74, 6) is 1.01. The van der Waals surface area contributed by atoms with Crippen LogP contribution in [0.3, 0.4) is 0 Å². The molecule has 2 N–H and O–H groups in total. The number of likely N-dealkylation sites (tertiary alicyclic amines) is 1. The Morgan fingerprint density at radius 1 is 1.29 bits per heavy atom. The lowest BCUT2D eigenvalue weighted by molar-refractivity contribution is -0.0367. The van der Waals surface area contributed by atoms with Crippen LogP contribution in [0.15, 0.2) is 29.3 Å². The second-order valence-corrected chi connectivity index (χ2v) is 7.77. The number of halogens is 2. The zero-order valence-corrected chi connectivity index (χ0v) is 20.5. The highest BCUT2D eigenvalue weighted by atomic mass is 127. The number of guanidine groups is 1. The van der Waals surface area contributed by atoms with Gasteiger partial charge in [0, 0.05) is 26.2 Å². The van der Waals surface area contributed by atoms with E-state index < -0.39 is 6.10 Å². The Hall–Kier alpha value is -1.17. The van der Waals surface area contributed by atoms with Crippen LogP contribution in [-0.2, 0) is 9.47 Å². The fraction of sp³-hybridized carbons (Fsp3) is 0.682. The van der Waals surface area contributed by atoms with Crippen LogP contribution in [0.25, 0.3) is 0 Å². The number of nitrogens with zero attached hydrogens (tertiary/aromatic N) is 2. The van der Waals surface area contributed by atoms with Crippen molar-refractivity contribution in [1.29, 1.82) is 0 Å². The van der Waals surface area contributed by atoms with E-state index in [0.29, 0.717) is 12.4 Å². The smallest absolute Gasteiger partial charge is 0.194 e. The van der Waals surface area contributed by atoms with Crippen molar-refractivity contribution in [2.24, 2.45) is 4.99 Å². The molecule has 3 rings (SSSR count). The minimum atomic E-state index is -0.740. The van der Waals surface area contributed by atoms with Gasteiger partial charge < -0.3 is 29.5 Å². The van der Waals surface area contributed by atoms with Crippen molar-refractivity contribution in [3.8, 4) is 5.75 Å². The van der Waals surface area contributed by atoms with Gasteiger partial charge in [-0.3, -0.25) is 4.99 Å². The lowest BCUT2D eigenvalue weighted by Crippen LogP contribution is -2.47. The average molecular weight is 551 g/mol. The summed E-state index contributed by atoms with van der Waals surface area (Å²) in [6.07, 6.45) is 3.93. The first-order valence-corrected chi connectivity index (χ1v) is 11.0. The predicted molar refractivity (Wildman–Crippen MR) is 129 cm³/mol. The van der Waals surface area contributed by atoms with Crippen LogP contribution in [0.1, 0.15) is 32.6 Å². The van der Waals surface area contributed by atoms with Gasteiger partial charge in [0.25, 0.3) is 0 Å². The molecule has 0 amide bonds. The molecule has 2 aliphatic heterocycles. The first-order chi connectivity index (χ1) is 14.6. The normalized spacial score (nSPS) is 20.9. The lowest BCUT2D eigenvalue weighted by Gasteiger charge is -2.34. The number of benzene rings is 1. The summed E-state index contributed by atoms with van der Waals surface area (Å²) in [6.45, 7) is 6.41. The zero-order valence-electron chi connectivity index (χ0n) is 18.2. The first kappa shape index (κ1) is 26.1. The van der Waals surface area contributed by atoms with E-state index >= 15 is 0 Å². The van der Waals surface area contributed by atoms with Crippen LogP contribution in [0.4, 0.5) is 4.39 Å². The maximum Gasteiger partial charge on any atom is 0.194 e. The third kappa shape index (κ3) is 9.07. The molecule has 2 unspecified atom stereocenters. The van der Waals surface area contributed by atoms with E-state index in [1.165, 1.54) is 12.1 Å². The highest BCUT2D eigenvalue weighted by molar-refractivity contribution is 14.0. The van der Waals surface area contributed by atoms with Crippen LogP contribution < -0.4 is 10.1 Å². The van der Waals surface area contributed by atoms with Gasteiger partial charge in [0.15, 0.2) is 5.96 Å². The molecular weight excluding hydrogens is 516 g/mol. The standard InChI is InChI=1S/C22H34FN3O4.HI/c1-2-24-22(25-14-18(27)15-29-19-7-5-17(23)6-8-19)26-11-9-20(10-12-26)30-16-21-4-3-13-28-21;/h5-8,18,20-21,27H,2-4,9-16H2,1H3,(H,24,25);1H. The van der Waals surface area contributed by atoms with Crippen molar-refractivity contribution >= 4 is 29.9 Å². The molecule has 7 nitrogen and oxygen atoms in total. The molecular formula is C22H35FIN3O4. The molecule has 31 heavy (non-hydrogen) atoms. The van der Waals surface area contributed by atoms with Gasteiger partial charge in [0.1, 0.15) is 24.3 Å². The minimum Gasteiger partial charge on any atom is -0.491 e. The molecule has 0 bridgehead atoms. The maximum atomic E-state index is 12.9. The summed E-state index contributed by atoms with van der Waals surface area (Å²) >= 11 is 0. The second-order valence-electron chi connectivity index (χ2n) is 7.77. The van der Waals surface area contributed by atoms with E-state index in [1.807, 2.05) is 6.92 Å². The van der Waals surface area contributed by atoms with Gasteiger partial charge in [-0.25, -0.2) is 4.39 Å². The topological polar surface area (TPSA) is 75.6 Å². The summed E-state index contributed by atoms with van der Waals surface area (Å²) in [6, 6.07) is 5.75. The molecule has 9 heteroatoms. The molecule has 0 spiro atoms. The number of ether oxygens (including phenoxy) is 3. The Morgan fingerprint density at radius 2 is 2.03 bits per heavy atom. The van der Waals surface area contributed by atoms with Gasteiger partial charge in [-0.15, -0.1) is 24.0 Å². The van der Waals surface area contributed by atoms with Crippen LogP contribution in [-0.4, -0.2) is 80.3 Å². The summed E-state index contributed by atoms with van der Waals surface area (Å²) in [5, 5.41) is 13.5. The van der Waals surface area contributed by atoms with Crippen molar-refractivity contribution in [2.75, 3.05) is 46.0 Å². The Labute approximate surface area is 201 Å². The van der Waals surface area contributed by atoms with E-state index in [9.17, 15) is 9.50 Å². The molecule has 2 fully saturated rings. The Bertz CT molecular complexity index is 651. The minimum absolute atomic E-state index is 0. The number of aliphatic hydroxyl groups excluding tert-OH is 1. The van der Waals surface area contributed by atoms with Gasteiger partial charge >= 0.3 is 0 Å². The number of aliphatic imine (C=N–C) groups is 1. The Balaban J connectivity index is 0.00000341. The van der Waals surface area contributed by atoms with Crippen molar-refractivity contribution in [3.05, 3.63) is 30.1 Å². The van der Waals surface area contributed by atoms with Gasteiger partial charge in [-0.1, -0.05) is 0 Å². The van der Waals surface area contributed by atoms with E-state index in [4.69, 9.17) is 14.2 Å². The third-order valence-electron chi connectivity index (χ3n) is 5.33. The second kappa shape index (κ2) is 14.1. The SMILES string of the molecule is CCNC(=NCC(O)COc1ccc(F)cc1)N1CCC(OCC2CCCO2)CC1.I. The highest BCUT2D eigenvalue weighted by Crippen LogP contribution is 2.18. The summed E-state index contributed by atoms with van der Waals surface area (Å²) in [5.41, 5.74) is 0. The quantitative estimate of drug-likeness (QED) is 0.280. The van der Waals surface area contributed by atoms with Crippen LogP contribution in [0.5, 0.6) is 5.75 Å². The molecule has 2 atom stereocenters. The van der Waals surface area contributed by atoms with Crippen molar-refractivity contribution in [2.45, 2.75) is 50.9 Å². The summed E-state index contributed by atoms with van der Waals surface area (Å²) in [7, 11) is 0. The first-order valence-electron chi connectivity index (χ1n) is 11.0. The molecule has 176 valence electrons. The number of aliphatic hydroxyl groups is 1. The summed E-state index contributed by atoms with van der Waals surface area (Å²) in [4.78, 5) is 6.79. The Kier molecular flexibility index (Phi) is 11.8. The molecule has 2 aliphatic rings. The molecule has 2 saturated heterocycles. The Morgan fingerprint density at radius 3 is 2.68 bits per heavy atom. The van der Waals surface area contributed by atoms with Crippen molar-refractivity contribution < 1.29 is 23.7 Å². The molecule has 2 heterocycles. The average Bonchev–Trinajstić information content (AvgIpc) is 3.29. The number of rotatable bonds is 9. The fourth-order valence-electron chi connectivity index (χ4n) is 3.65. The number of nitrogens with one attached hydrogen (secondary N) is 1. The molecule has 0 radical (unpaired) electrons. The zero-order chi connectivity index (χ0) is 21.2. The largest absolute Gasteiger partial charge is 0.491 e. The van der Waals surface area contributed by atoms with Gasteiger partial charge in [0.2, 0.25) is 0 Å². The maximum absolute atomic E-state index is 12.9. The van der Waals surface area contributed by atoms with Gasteiger partial charge in [-0.05, 0) is 56.9 Å². The molecule has 1 aromatic rings. The summed E-state index contributed by atoms with van der Waals surface area (Å²) < 4.78 is 30.1. The third-order valence-corrected chi connectivity index (χ3v) is 5.33. The number of piperidine rings is 1. The van der Waals surface area contributed by atoms with Crippen LogP contribution in [0.2, 0.25) is 0 Å². The van der Waals surface area contributed by atoms with Crippen molar-refractivity contribution in [3.63, 3.8) is 0 Å². The fourth-order valence-corrected chi connectivity index (χ4v) is 3.65. The monoisotopic (exact) mass is 551 g/mol. The van der Waals surface area contributed by atoms with E-state index in [0.717, 1.165) is 57.9 Å². The molecule has 0 saturated carbocycles. The number of hydrogen-bond donors (Lipinski definition) is 2. The van der Waals surface area contributed by atoms with Gasteiger partial charge in [0.05, 0.1) is 25.4 Å². The molecule has 0 aromatic heterocycles. The highest BCUT2D eigenvalue weighted by Gasteiger charge is 2.24. The number of hydrogen-bond acceptors (Lipinski definition) is 5. The van der Waals surface area contributed by atoms with E-state index in [2.05, 4.69) is 15.2 Å². The van der Waals surface area contributed by atoms with Crippen LogP contribution in [0, 0.1) is 5.82 Å². The molecule has 1 aromatic carbocycles. The van der Waals surface area contributed by atoms with Gasteiger partial charge in [-0.2, -0.15) is 0 Å². The van der Waals surface area contributed by atoms with Crippen molar-refractivity contribution in [1.82, 2.24) is 10.2 Å². The lowest BCUT2D eigenvalue weighted by atomic mass is 10.1. The van der Waals surface area contributed by atoms with E-state index in [1.54, 1.807) is 12.1 Å². The van der Waals surface area contributed by atoms with Crippen LogP contribution >= 0.6 is 24.0 Å². The predicted octanol–water partition coefficient (Wildman–Crippen LogP) is 2.81.